The van der Waals surface area contributed by atoms with Gasteiger partial charge in [0.1, 0.15) is 5.75 Å². The third kappa shape index (κ3) is 3.35. The molecule has 0 aliphatic heterocycles. The van der Waals surface area contributed by atoms with Crippen molar-refractivity contribution in [1.82, 2.24) is 0 Å². The predicted molar refractivity (Wildman–Crippen MR) is 87.5 cm³/mol. The number of nitrogens with two attached hydrogens (primary N) is 1. The molecule has 0 aromatic heterocycles. The van der Waals surface area contributed by atoms with E-state index in [0.29, 0.717) is 6.61 Å². The number of benzene rings is 2. The van der Waals surface area contributed by atoms with Gasteiger partial charge in [-0.1, -0.05) is 39.7 Å². The number of rotatable bonds is 4. The van der Waals surface area contributed by atoms with E-state index in [1.165, 1.54) is 0 Å². The Morgan fingerprint density at radius 3 is 2.65 bits per heavy atom. The molecule has 20 heavy (non-hydrogen) atoms. The largest absolute Gasteiger partial charge is 0.494 e. The van der Waals surface area contributed by atoms with Crippen molar-refractivity contribution in [1.29, 1.82) is 0 Å². The van der Waals surface area contributed by atoms with Crippen LogP contribution in [0.5, 0.6) is 5.75 Å². The molecule has 2 nitrogen and oxygen atoms in total. The fourth-order valence-electron chi connectivity index (χ4n) is 2.09. The summed E-state index contributed by atoms with van der Waals surface area (Å²) in [6.45, 7) is 4.55. The summed E-state index contributed by atoms with van der Waals surface area (Å²) < 4.78 is 6.65. The minimum Gasteiger partial charge on any atom is -0.494 e. The second kappa shape index (κ2) is 6.61. The third-order valence-electron chi connectivity index (χ3n) is 3.15. The lowest BCUT2D eigenvalue weighted by Crippen LogP contribution is -2.14. The monoisotopic (exact) mass is 353 g/mol. The van der Waals surface area contributed by atoms with Crippen molar-refractivity contribution in [2.45, 2.75) is 19.9 Å². The molecule has 106 valence electrons. The summed E-state index contributed by atoms with van der Waals surface area (Å²) in [5, 5.41) is 0.750. The molecule has 0 spiro atoms. The second-order valence-corrected chi connectivity index (χ2v) is 5.92. The van der Waals surface area contributed by atoms with Crippen LogP contribution >= 0.6 is 27.5 Å². The topological polar surface area (TPSA) is 35.2 Å². The van der Waals surface area contributed by atoms with Crippen LogP contribution in [0, 0.1) is 6.92 Å². The molecule has 0 radical (unpaired) electrons. The summed E-state index contributed by atoms with van der Waals surface area (Å²) in [7, 11) is 0. The molecule has 4 heteroatoms. The van der Waals surface area contributed by atoms with Gasteiger partial charge in [0.05, 0.1) is 12.6 Å². The Bertz CT molecular complexity index is 615. The van der Waals surface area contributed by atoms with Gasteiger partial charge >= 0.3 is 0 Å². The van der Waals surface area contributed by atoms with Crippen LogP contribution in [0.1, 0.15) is 29.7 Å². The van der Waals surface area contributed by atoms with Gasteiger partial charge < -0.3 is 10.5 Å². The maximum atomic E-state index is 6.39. The minimum atomic E-state index is -0.245. The van der Waals surface area contributed by atoms with Gasteiger partial charge in [-0.25, -0.2) is 0 Å². The summed E-state index contributed by atoms with van der Waals surface area (Å²) in [6, 6.07) is 11.5. The molecule has 1 unspecified atom stereocenters. The van der Waals surface area contributed by atoms with E-state index in [9.17, 15) is 0 Å². The number of halogens is 2. The Morgan fingerprint density at radius 1 is 1.25 bits per heavy atom. The highest BCUT2D eigenvalue weighted by Crippen LogP contribution is 2.32. The first-order valence-corrected chi connectivity index (χ1v) is 7.64. The Balaban J connectivity index is 2.43. The summed E-state index contributed by atoms with van der Waals surface area (Å²) >= 11 is 9.55. The van der Waals surface area contributed by atoms with Crippen molar-refractivity contribution in [3.05, 3.63) is 62.6 Å². The lowest BCUT2D eigenvalue weighted by atomic mass is 9.97. The molecule has 2 rings (SSSR count). The van der Waals surface area contributed by atoms with Gasteiger partial charge in [-0.2, -0.15) is 0 Å². The lowest BCUT2D eigenvalue weighted by Gasteiger charge is -2.18. The summed E-state index contributed by atoms with van der Waals surface area (Å²) in [5.74, 6) is 0.816. The number of ether oxygens (including phenoxy) is 1. The van der Waals surface area contributed by atoms with Gasteiger partial charge in [-0.05, 0) is 49.2 Å². The first kappa shape index (κ1) is 15.4. The van der Waals surface area contributed by atoms with Crippen LogP contribution < -0.4 is 10.5 Å². The van der Waals surface area contributed by atoms with Crippen LogP contribution in [-0.2, 0) is 0 Å². The molecule has 0 saturated carbocycles. The summed E-state index contributed by atoms with van der Waals surface area (Å²) in [6.07, 6.45) is 0. The van der Waals surface area contributed by atoms with E-state index < -0.39 is 0 Å². The molecule has 1 atom stereocenters. The van der Waals surface area contributed by atoms with Crippen molar-refractivity contribution in [3.63, 3.8) is 0 Å². The van der Waals surface area contributed by atoms with Gasteiger partial charge in [0, 0.05) is 15.1 Å². The normalized spacial score (nSPS) is 12.2. The zero-order valence-corrected chi connectivity index (χ0v) is 13.8. The highest BCUT2D eigenvalue weighted by atomic mass is 79.9. The minimum absolute atomic E-state index is 0.245. The van der Waals surface area contributed by atoms with Crippen molar-refractivity contribution >= 4 is 27.5 Å². The van der Waals surface area contributed by atoms with Crippen LogP contribution in [-0.4, -0.2) is 6.61 Å². The summed E-state index contributed by atoms with van der Waals surface area (Å²) in [5.41, 5.74) is 9.39. The Labute approximate surface area is 133 Å². The highest BCUT2D eigenvalue weighted by molar-refractivity contribution is 9.10. The third-order valence-corrected chi connectivity index (χ3v) is 4.07. The fourth-order valence-corrected chi connectivity index (χ4v) is 2.59. The molecule has 0 amide bonds. The molecule has 0 aliphatic rings. The maximum absolute atomic E-state index is 6.39. The van der Waals surface area contributed by atoms with Gasteiger partial charge in [0.15, 0.2) is 0 Å². The van der Waals surface area contributed by atoms with E-state index in [0.717, 1.165) is 31.9 Å². The van der Waals surface area contributed by atoms with Crippen molar-refractivity contribution in [3.8, 4) is 5.75 Å². The molecule has 2 N–H and O–H groups in total. The quantitative estimate of drug-likeness (QED) is 0.851. The van der Waals surface area contributed by atoms with E-state index in [-0.39, 0.29) is 6.04 Å². The second-order valence-electron chi connectivity index (χ2n) is 4.60. The lowest BCUT2D eigenvalue weighted by molar-refractivity contribution is 0.335. The van der Waals surface area contributed by atoms with E-state index in [1.54, 1.807) is 0 Å². The van der Waals surface area contributed by atoms with Gasteiger partial charge in [0.25, 0.3) is 0 Å². The number of hydrogen-bond donors (Lipinski definition) is 1. The van der Waals surface area contributed by atoms with Crippen LogP contribution in [0.4, 0.5) is 0 Å². The van der Waals surface area contributed by atoms with Crippen molar-refractivity contribution in [2.24, 2.45) is 5.73 Å². The number of aryl methyl sites for hydroxylation is 1. The first-order valence-electron chi connectivity index (χ1n) is 6.46. The molecule has 0 aliphatic carbocycles. The molecule has 2 aromatic rings. The van der Waals surface area contributed by atoms with Crippen LogP contribution in [0.25, 0.3) is 0 Å². The molecule has 0 fully saturated rings. The Hall–Kier alpha value is -1.03. The standard InChI is InChI=1S/C16H17BrClNO/c1-3-20-15-7-5-12(17)9-13(15)16(19)11-4-6-14(18)10(2)8-11/h4-9,16H,3,19H2,1-2H3. The van der Waals surface area contributed by atoms with Gasteiger partial charge in [0.2, 0.25) is 0 Å². The van der Waals surface area contributed by atoms with Crippen LogP contribution in [0.3, 0.4) is 0 Å². The van der Waals surface area contributed by atoms with Gasteiger partial charge in [-0.15, -0.1) is 0 Å². The average Bonchev–Trinajstić information content (AvgIpc) is 2.43. The Kier molecular flexibility index (Phi) is 5.08. The van der Waals surface area contributed by atoms with E-state index in [2.05, 4.69) is 15.9 Å². The number of hydrogen-bond acceptors (Lipinski definition) is 2. The first-order chi connectivity index (χ1) is 9.52. The summed E-state index contributed by atoms with van der Waals surface area (Å²) in [4.78, 5) is 0. The molecule has 0 saturated heterocycles. The van der Waals surface area contributed by atoms with E-state index >= 15 is 0 Å². The highest BCUT2D eigenvalue weighted by Gasteiger charge is 2.15. The molecule has 2 aromatic carbocycles. The van der Waals surface area contributed by atoms with Crippen LogP contribution in [0.2, 0.25) is 5.02 Å². The molecule has 0 bridgehead atoms. The van der Waals surface area contributed by atoms with E-state index in [1.807, 2.05) is 50.2 Å². The zero-order valence-electron chi connectivity index (χ0n) is 11.5. The van der Waals surface area contributed by atoms with E-state index in [4.69, 9.17) is 22.1 Å². The Morgan fingerprint density at radius 2 is 2.00 bits per heavy atom. The maximum Gasteiger partial charge on any atom is 0.124 e. The average molecular weight is 355 g/mol. The van der Waals surface area contributed by atoms with Crippen molar-refractivity contribution < 1.29 is 4.74 Å². The van der Waals surface area contributed by atoms with Gasteiger partial charge in [-0.3, -0.25) is 0 Å². The van der Waals surface area contributed by atoms with Crippen molar-refractivity contribution in [2.75, 3.05) is 6.61 Å². The fraction of sp³-hybridized carbons (Fsp3) is 0.250. The zero-order chi connectivity index (χ0) is 14.7. The molecule has 0 heterocycles. The van der Waals surface area contributed by atoms with Crippen LogP contribution in [0.15, 0.2) is 40.9 Å². The predicted octanol–water partition coefficient (Wildman–Crippen LogP) is 4.86. The molecular formula is C16H17BrClNO. The SMILES string of the molecule is CCOc1ccc(Br)cc1C(N)c1ccc(Cl)c(C)c1. The smallest absolute Gasteiger partial charge is 0.124 e. The molecular weight excluding hydrogens is 338 g/mol.